The molecule has 3 aromatic rings. The van der Waals surface area contributed by atoms with Crippen LogP contribution in [0.1, 0.15) is 41.7 Å². The first kappa shape index (κ1) is 28.5. The van der Waals surface area contributed by atoms with E-state index < -0.39 is 6.04 Å². The summed E-state index contributed by atoms with van der Waals surface area (Å²) in [7, 11) is 0. The molecular formula is C30H34Cl2N2O3. The lowest BCUT2D eigenvalue weighted by Crippen LogP contribution is -2.53. The molecule has 5 nitrogen and oxygen atoms in total. The highest BCUT2D eigenvalue weighted by molar-refractivity contribution is 6.36. The minimum Gasteiger partial charge on any atom is -0.483 e. The Morgan fingerprint density at radius 2 is 1.59 bits per heavy atom. The van der Waals surface area contributed by atoms with Gasteiger partial charge >= 0.3 is 0 Å². The van der Waals surface area contributed by atoms with Gasteiger partial charge in [-0.1, -0.05) is 65.7 Å². The van der Waals surface area contributed by atoms with Gasteiger partial charge in [0.25, 0.3) is 5.91 Å². The summed E-state index contributed by atoms with van der Waals surface area (Å²) in [6.45, 7) is 9.57. The van der Waals surface area contributed by atoms with Crippen LogP contribution in [0.3, 0.4) is 0 Å². The largest absolute Gasteiger partial charge is 0.483 e. The van der Waals surface area contributed by atoms with Crippen LogP contribution in [0.25, 0.3) is 0 Å². The molecule has 7 heteroatoms. The smallest absolute Gasteiger partial charge is 0.261 e. The number of carbonyl (C=O) groups excluding carboxylic acids is 2. The third kappa shape index (κ3) is 7.73. The fraction of sp³-hybridized carbons (Fsp3) is 0.333. The van der Waals surface area contributed by atoms with E-state index >= 15 is 0 Å². The van der Waals surface area contributed by atoms with Crippen LogP contribution in [0, 0.1) is 20.8 Å². The number of aryl methyl sites for hydroxylation is 2. The number of rotatable bonds is 10. The number of ether oxygens (including phenoxy) is 1. The van der Waals surface area contributed by atoms with Crippen LogP contribution in [0.5, 0.6) is 5.75 Å². The first-order chi connectivity index (χ1) is 17.6. The molecule has 3 aromatic carbocycles. The van der Waals surface area contributed by atoms with Crippen LogP contribution < -0.4 is 10.1 Å². The monoisotopic (exact) mass is 540 g/mol. The van der Waals surface area contributed by atoms with Crippen molar-refractivity contribution >= 4 is 35.0 Å². The molecular weight excluding hydrogens is 507 g/mol. The second kappa shape index (κ2) is 13.0. The van der Waals surface area contributed by atoms with Gasteiger partial charge in [-0.15, -0.1) is 0 Å². The molecule has 0 aliphatic heterocycles. The van der Waals surface area contributed by atoms with Gasteiger partial charge in [0.1, 0.15) is 11.8 Å². The number of nitrogens with one attached hydrogen (secondary N) is 1. The van der Waals surface area contributed by atoms with Crippen molar-refractivity contribution in [3.63, 3.8) is 0 Å². The van der Waals surface area contributed by atoms with Crippen molar-refractivity contribution in [1.82, 2.24) is 10.2 Å². The highest BCUT2D eigenvalue weighted by Gasteiger charge is 2.32. The summed E-state index contributed by atoms with van der Waals surface area (Å²) in [4.78, 5) is 28.8. The van der Waals surface area contributed by atoms with Crippen LogP contribution in [0.4, 0.5) is 0 Å². The number of halogens is 2. The Morgan fingerprint density at radius 1 is 0.946 bits per heavy atom. The Morgan fingerprint density at radius 3 is 2.22 bits per heavy atom. The van der Waals surface area contributed by atoms with E-state index in [1.165, 1.54) is 4.90 Å². The van der Waals surface area contributed by atoms with Gasteiger partial charge in [0.05, 0.1) is 0 Å². The van der Waals surface area contributed by atoms with E-state index in [1.54, 1.807) is 18.2 Å². The van der Waals surface area contributed by atoms with Crippen LogP contribution in [0.2, 0.25) is 10.0 Å². The van der Waals surface area contributed by atoms with E-state index in [0.29, 0.717) is 27.8 Å². The van der Waals surface area contributed by atoms with Crippen molar-refractivity contribution in [2.24, 2.45) is 0 Å². The predicted molar refractivity (Wildman–Crippen MR) is 150 cm³/mol. The second-order valence-electron chi connectivity index (χ2n) is 9.58. The Balaban J connectivity index is 1.99. The molecule has 37 heavy (non-hydrogen) atoms. The number of amides is 2. The van der Waals surface area contributed by atoms with E-state index in [0.717, 1.165) is 22.3 Å². The van der Waals surface area contributed by atoms with E-state index in [4.69, 9.17) is 27.9 Å². The van der Waals surface area contributed by atoms with Gasteiger partial charge in [0.15, 0.2) is 6.61 Å². The van der Waals surface area contributed by atoms with E-state index in [2.05, 4.69) is 11.4 Å². The lowest BCUT2D eigenvalue weighted by molar-refractivity contribution is -0.143. The van der Waals surface area contributed by atoms with E-state index in [-0.39, 0.29) is 31.0 Å². The summed E-state index contributed by atoms with van der Waals surface area (Å²) in [5.74, 6) is 0.0557. The standard InChI is InChI=1S/C30H34Cl2N2O3/c1-19(2)33-30(36)27(16-23-10-7-6-8-11-23)34(17-24-25(31)12-9-13-26(24)32)29(35)18-37-28-15-20(3)14-21(4)22(28)5/h6-15,19,27H,16-18H2,1-5H3,(H,33,36). The fourth-order valence-corrected chi connectivity index (χ4v) is 4.68. The van der Waals surface area contributed by atoms with Gasteiger partial charge in [-0.05, 0) is 75.1 Å². The summed E-state index contributed by atoms with van der Waals surface area (Å²) in [6, 6.07) is 17.9. The molecule has 0 spiro atoms. The molecule has 1 N–H and O–H groups in total. The van der Waals surface area contributed by atoms with Crippen molar-refractivity contribution < 1.29 is 14.3 Å². The topological polar surface area (TPSA) is 58.6 Å². The van der Waals surface area contributed by atoms with Crippen molar-refractivity contribution in [2.75, 3.05) is 6.61 Å². The Labute approximate surface area is 229 Å². The number of hydrogen-bond donors (Lipinski definition) is 1. The van der Waals surface area contributed by atoms with Gasteiger partial charge in [0, 0.05) is 34.6 Å². The average Bonchev–Trinajstić information content (AvgIpc) is 2.84. The van der Waals surface area contributed by atoms with Gasteiger partial charge in [-0.3, -0.25) is 9.59 Å². The average molecular weight is 542 g/mol. The Kier molecular flexibility index (Phi) is 10.0. The third-order valence-electron chi connectivity index (χ3n) is 6.21. The van der Waals surface area contributed by atoms with E-state index in [1.807, 2.05) is 71.0 Å². The van der Waals surface area contributed by atoms with Crippen LogP contribution in [-0.2, 0) is 22.6 Å². The summed E-state index contributed by atoms with van der Waals surface area (Å²) >= 11 is 13.0. The third-order valence-corrected chi connectivity index (χ3v) is 6.92. The molecule has 1 unspecified atom stereocenters. The van der Waals surface area contributed by atoms with Gasteiger partial charge in [0.2, 0.25) is 5.91 Å². The second-order valence-corrected chi connectivity index (χ2v) is 10.4. The maximum absolute atomic E-state index is 13.8. The van der Waals surface area contributed by atoms with Crippen LogP contribution >= 0.6 is 23.2 Å². The summed E-state index contributed by atoms with van der Waals surface area (Å²) < 4.78 is 6.01. The maximum atomic E-state index is 13.8. The molecule has 1 atom stereocenters. The predicted octanol–water partition coefficient (Wildman–Crippen LogP) is 6.46. The van der Waals surface area contributed by atoms with Crippen molar-refractivity contribution in [2.45, 2.75) is 59.7 Å². The Bertz CT molecular complexity index is 1220. The molecule has 0 fully saturated rings. The van der Waals surface area contributed by atoms with Crippen LogP contribution in [0.15, 0.2) is 60.7 Å². The molecule has 0 bridgehead atoms. The van der Waals surface area contributed by atoms with Crippen molar-refractivity contribution in [3.05, 3.63) is 98.5 Å². The minimum atomic E-state index is -0.798. The number of hydrogen-bond acceptors (Lipinski definition) is 3. The zero-order chi connectivity index (χ0) is 27.1. The Hall–Kier alpha value is -3.02. The molecule has 0 radical (unpaired) electrons. The highest BCUT2D eigenvalue weighted by atomic mass is 35.5. The van der Waals surface area contributed by atoms with Crippen molar-refractivity contribution in [3.8, 4) is 5.75 Å². The molecule has 0 aliphatic rings. The molecule has 0 aliphatic carbocycles. The molecule has 196 valence electrons. The minimum absolute atomic E-state index is 0.0650. The lowest BCUT2D eigenvalue weighted by atomic mass is 10.0. The molecule has 0 heterocycles. The summed E-state index contributed by atoms with van der Waals surface area (Å²) in [5, 5.41) is 3.83. The highest BCUT2D eigenvalue weighted by Crippen LogP contribution is 2.28. The fourth-order valence-electron chi connectivity index (χ4n) is 4.16. The zero-order valence-corrected chi connectivity index (χ0v) is 23.5. The van der Waals surface area contributed by atoms with Gasteiger partial charge in [-0.2, -0.15) is 0 Å². The number of carbonyl (C=O) groups is 2. The number of benzene rings is 3. The molecule has 0 aromatic heterocycles. The normalized spacial score (nSPS) is 11.8. The summed E-state index contributed by atoms with van der Waals surface area (Å²) in [6.07, 6.45) is 0.329. The van der Waals surface area contributed by atoms with Crippen molar-refractivity contribution in [1.29, 1.82) is 0 Å². The van der Waals surface area contributed by atoms with E-state index in [9.17, 15) is 9.59 Å². The zero-order valence-electron chi connectivity index (χ0n) is 22.0. The molecule has 0 saturated heterocycles. The molecule has 0 saturated carbocycles. The maximum Gasteiger partial charge on any atom is 0.261 e. The van der Waals surface area contributed by atoms with Gasteiger partial charge < -0.3 is 15.0 Å². The van der Waals surface area contributed by atoms with Gasteiger partial charge in [-0.25, -0.2) is 0 Å². The first-order valence-electron chi connectivity index (χ1n) is 12.3. The van der Waals surface area contributed by atoms with Crippen LogP contribution in [-0.4, -0.2) is 35.4 Å². The molecule has 3 rings (SSSR count). The summed E-state index contributed by atoms with van der Waals surface area (Å²) in [5.41, 5.74) is 4.61. The SMILES string of the molecule is Cc1cc(C)c(C)c(OCC(=O)N(Cc2c(Cl)cccc2Cl)C(Cc2ccccc2)C(=O)NC(C)C)c1. The molecule has 2 amide bonds. The lowest BCUT2D eigenvalue weighted by Gasteiger charge is -2.32. The quantitative estimate of drug-likeness (QED) is 0.321. The number of nitrogens with zero attached hydrogens (tertiary/aromatic N) is 1. The first-order valence-corrected chi connectivity index (χ1v) is 13.1.